The van der Waals surface area contributed by atoms with Crippen molar-refractivity contribution in [3.8, 4) is 0 Å². The van der Waals surface area contributed by atoms with Crippen molar-refractivity contribution in [1.29, 1.82) is 0 Å². The van der Waals surface area contributed by atoms with Gasteiger partial charge in [0.1, 0.15) is 0 Å². The Bertz CT molecular complexity index is 400. The van der Waals surface area contributed by atoms with E-state index in [1.165, 1.54) is 0 Å². The van der Waals surface area contributed by atoms with Crippen LogP contribution in [-0.4, -0.2) is 23.7 Å². The minimum absolute atomic E-state index is 0.0425. The van der Waals surface area contributed by atoms with E-state index in [1.54, 1.807) is 6.07 Å². The molecule has 94 valence electrons. The first-order chi connectivity index (χ1) is 7.97. The number of carbonyl (C=O) groups is 1. The predicted octanol–water partition coefficient (Wildman–Crippen LogP) is 1.66. The fraction of sp³-hybridized carbons (Fsp3) is 0.667. The molecule has 1 unspecified atom stereocenters. The van der Waals surface area contributed by atoms with Crippen molar-refractivity contribution >= 4 is 11.8 Å². The van der Waals surface area contributed by atoms with Gasteiger partial charge in [0, 0.05) is 11.5 Å². The lowest BCUT2D eigenvalue weighted by Crippen LogP contribution is -2.35. The van der Waals surface area contributed by atoms with Crippen LogP contribution in [0.5, 0.6) is 0 Å². The lowest BCUT2D eigenvalue weighted by Gasteiger charge is -2.12. The van der Waals surface area contributed by atoms with Crippen LogP contribution in [0.2, 0.25) is 0 Å². The largest absolute Gasteiger partial charge is 0.338 e. The van der Waals surface area contributed by atoms with Crippen molar-refractivity contribution in [3.05, 3.63) is 11.8 Å². The molecule has 0 saturated carbocycles. The quantitative estimate of drug-likeness (QED) is 0.821. The first-order valence-corrected chi connectivity index (χ1v) is 5.98. The van der Waals surface area contributed by atoms with E-state index in [9.17, 15) is 4.79 Å². The Morgan fingerprint density at radius 1 is 1.59 bits per heavy atom. The van der Waals surface area contributed by atoms with Gasteiger partial charge in [0.2, 0.25) is 11.8 Å². The molecule has 1 fully saturated rings. The van der Waals surface area contributed by atoms with Crippen molar-refractivity contribution in [2.45, 2.75) is 45.1 Å². The highest BCUT2D eigenvalue weighted by Gasteiger charge is 2.24. The van der Waals surface area contributed by atoms with Crippen molar-refractivity contribution in [2.75, 3.05) is 11.9 Å². The van der Waals surface area contributed by atoms with Gasteiger partial charge < -0.3 is 9.84 Å². The number of rotatable bonds is 2. The van der Waals surface area contributed by atoms with E-state index in [0.29, 0.717) is 5.88 Å². The Labute approximate surface area is 101 Å². The van der Waals surface area contributed by atoms with Crippen LogP contribution in [0.4, 0.5) is 5.88 Å². The second-order valence-corrected chi connectivity index (χ2v) is 5.46. The maximum Gasteiger partial charge on any atom is 0.243 e. The Hall–Kier alpha value is -1.36. The molecule has 0 aliphatic carbocycles. The van der Waals surface area contributed by atoms with Crippen molar-refractivity contribution in [3.63, 3.8) is 0 Å². The molecule has 0 bridgehead atoms. The van der Waals surface area contributed by atoms with Crippen molar-refractivity contribution in [2.24, 2.45) is 0 Å². The Balaban J connectivity index is 1.99. The van der Waals surface area contributed by atoms with E-state index in [-0.39, 0.29) is 17.4 Å². The maximum absolute atomic E-state index is 11.8. The number of nitrogens with zero attached hydrogens (tertiary/aromatic N) is 1. The minimum Gasteiger partial charge on any atom is -0.338 e. The van der Waals surface area contributed by atoms with Gasteiger partial charge in [-0.1, -0.05) is 25.9 Å². The molecule has 5 nitrogen and oxygen atoms in total. The molecule has 1 saturated heterocycles. The van der Waals surface area contributed by atoms with Crippen LogP contribution >= 0.6 is 0 Å². The van der Waals surface area contributed by atoms with Crippen LogP contribution in [0, 0.1) is 0 Å². The highest BCUT2D eigenvalue weighted by atomic mass is 16.5. The van der Waals surface area contributed by atoms with Gasteiger partial charge in [0.15, 0.2) is 0 Å². The van der Waals surface area contributed by atoms with E-state index >= 15 is 0 Å². The number of amides is 1. The SMILES string of the molecule is CC(C)(C)c1cc(NC(=O)C2CCCN2)on1. The van der Waals surface area contributed by atoms with Crippen LogP contribution in [0.25, 0.3) is 0 Å². The molecule has 0 aromatic carbocycles. The van der Waals surface area contributed by atoms with E-state index in [2.05, 4.69) is 36.6 Å². The van der Waals surface area contributed by atoms with Gasteiger partial charge in [-0.15, -0.1) is 0 Å². The lowest BCUT2D eigenvalue weighted by atomic mass is 9.92. The zero-order valence-electron chi connectivity index (χ0n) is 10.5. The summed E-state index contributed by atoms with van der Waals surface area (Å²) >= 11 is 0. The summed E-state index contributed by atoms with van der Waals surface area (Å²) in [6, 6.07) is 1.69. The Morgan fingerprint density at radius 3 is 2.88 bits per heavy atom. The third kappa shape index (κ3) is 2.85. The Morgan fingerprint density at radius 2 is 2.35 bits per heavy atom. The molecule has 2 N–H and O–H groups in total. The second kappa shape index (κ2) is 4.49. The first-order valence-electron chi connectivity index (χ1n) is 5.98. The number of nitrogens with one attached hydrogen (secondary N) is 2. The smallest absolute Gasteiger partial charge is 0.243 e. The summed E-state index contributed by atoms with van der Waals surface area (Å²) in [7, 11) is 0. The molecule has 1 atom stereocenters. The van der Waals surface area contributed by atoms with Crippen LogP contribution < -0.4 is 10.6 Å². The number of carbonyl (C=O) groups excluding carboxylic acids is 1. The molecule has 1 aromatic rings. The average molecular weight is 237 g/mol. The molecule has 1 amide bonds. The minimum atomic E-state index is -0.0989. The summed E-state index contributed by atoms with van der Waals surface area (Å²) in [5.41, 5.74) is 0.769. The summed E-state index contributed by atoms with van der Waals surface area (Å²) in [6.07, 6.45) is 1.92. The van der Waals surface area contributed by atoms with Gasteiger partial charge in [-0.3, -0.25) is 10.1 Å². The third-order valence-electron chi connectivity index (χ3n) is 2.90. The van der Waals surface area contributed by atoms with Gasteiger partial charge in [0.25, 0.3) is 0 Å². The summed E-state index contributed by atoms with van der Waals surface area (Å²) in [6.45, 7) is 7.06. The maximum atomic E-state index is 11.8. The molecule has 1 aliphatic rings. The lowest BCUT2D eigenvalue weighted by molar-refractivity contribution is -0.117. The fourth-order valence-corrected chi connectivity index (χ4v) is 1.80. The van der Waals surface area contributed by atoms with E-state index < -0.39 is 0 Å². The molecular weight excluding hydrogens is 218 g/mol. The molecular formula is C12H19N3O2. The van der Waals surface area contributed by atoms with Gasteiger partial charge in [-0.05, 0) is 19.4 Å². The average Bonchev–Trinajstić information content (AvgIpc) is 2.85. The summed E-state index contributed by atoms with van der Waals surface area (Å²) < 4.78 is 5.11. The predicted molar refractivity (Wildman–Crippen MR) is 64.9 cm³/mol. The molecule has 1 aliphatic heterocycles. The zero-order valence-corrected chi connectivity index (χ0v) is 10.5. The topological polar surface area (TPSA) is 67.2 Å². The van der Waals surface area contributed by atoms with Crippen molar-refractivity contribution < 1.29 is 9.32 Å². The molecule has 2 heterocycles. The molecule has 2 rings (SSSR count). The Kier molecular flexibility index (Phi) is 3.19. The molecule has 17 heavy (non-hydrogen) atoms. The van der Waals surface area contributed by atoms with E-state index in [0.717, 1.165) is 25.1 Å². The normalized spacial score (nSPS) is 20.5. The van der Waals surface area contributed by atoms with Gasteiger partial charge in [-0.25, -0.2) is 0 Å². The monoisotopic (exact) mass is 237 g/mol. The number of aromatic nitrogens is 1. The third-order valence-corrected chi connectivity index (χ3v) is 2.90. The van der Waals surface area contributed by atoms with Crippen LogP contribution in [0.3, 0.4) is 0 Å². The van der Waals surface area contributed by atoms with Crippen molar-refractivity contribution in [1.82, 2.24) is 10.5 Å². The summed E-state index contributed by atoms with van der Waals surface area (Å²) in [5, 5.41) is 9.84. The van der Waals surface area contributed by atoms with E-state index in [1.807, 2.05) is 0 Å². The van der Waals surface area contributed by atoms with Gasteiger partial charge >= 0.3 is 0 Å². The van der Waals surface area contributed by atoms with Crippen LogP contribution in [0.15, 0.2) is 10.6 Å². The number of anilines is 1. The molecule has 1 aromatic heterocycles. The zero-order chi connectivity index (χ0) is 12.5. The standard InChI is InChI=1S/C12H19N3O2/c1-12(2,3)9-7-10(17-15-9)14-11(16)8-5-4-6-13-8/h7-8,13H,4-6H2,1-3H3,(H,14,16). The molecule has 0 radical (unpaired) electrons. The van der Waals surface area contributed by atoms with E-state index in [4.69, 9.17) is 4.52 Å². The first kappa shape index (κ1) is 12.1. The molecule has 5 heteroatoms. The van der Waals surface area contributed by atoms with Crippen LogP contribution in [0.1, 0.15) is 39.3 Å². The van der Waals surface area contributed by atoms with Gasteiger partial charge in [0.05, 0.1) is 11.7 Å². The summed E-state index contributed by atoms with van der Waals surface area (Å²) in [5.74, 6) is 0.382. The number of hydrogen-bond acceptors (Lipinski definition) is 4. The van der Waals surface area contributed by atoms with Gasteiger partial charge in [-0.2, -0.15) is 0 Å². The second-order valence-electron chi connectivity index (χ2n) is 5.46. The fourth-order valence-electron chi connectivity index (χ4n) is 1.80. The summed E-state index contributed by atoms with van der Waals surface area (Å²) in [4.78, 5) is 11.8. The van der Waals surface area contributed by atoms with Crippen LogP contribution in [-0.2, 0) is 10.2 Å². The highest BCUT2D eigenvalue weighted by Crippen LogP contribution is 2.23. The number of hydrogen-bond donors (Lipinski definition) is 2. The molecule has 0 spiro atoms. The highest BCUT2D eigenvalue weighted by molar-refractivity contribution is 5.93.